The van der Waals surface area contributed by atoms with Crippen LogP contribution in [-0.4, -0.2) is 23.3 Å². The van der Waals surface area contributed by atoms with Gasteiger partial charge < -0.3 is 10.4 Å². The fourth-order valence-corrected chi connectivity index (χ4v) is 2.84. The van der Waals surface area contributed by atoms with Gasteiger partial charge in [-0.1, -0.05) is 13.8 Å². The topological polar surface area (TPSA) is 32.3 Å². The SMILES string of the molecule is CN[C@]1(C)[C@H](C(C)C)CC[C@@]1(C)O. The quantitative estimate of drug-likeness (QED) is 0.687. The molecule has 0 aromatic heterocycles. The summed E-state index contributed by atoms with van der Waals surface area (Å²) in [5.74, 6) is 1.21. The van der Waals surface area contributed by atoms with Crippen molar-refractivity contribution in [3.8, 4) is 0 Å². The fourth-order valence-electron chi connectivity index (χ4n) is 2.84. The van der Waals surface area contributed by atoms with Crippen LogP contribution in [0, 0.1) is 11.8 Å². The first-order valence-electron chi connectivity index (χ1n) is 5.26. The van der Waals surface area contributed by atoms with Crippen LogP contribution in [0.5, 0.6) is 0 Å². The lowest BCUT2D eigenvalue weighted by atomic mass is 9.75. The standard InChI is InChI=1S/C11H23NO/c1-8(2)9-6-7-10(3,13)11(9,4)12-5/h8-9,12-13H,6-7H2,1-5H3/t9-,10+,11+/m0/s1. The Bertz CT molecular complexity index is 189. The van der Waals surface area contributed by atoms with E-state index in [1.807, 2.05) is 14.0 Å². The van der Waals surface area contributed by atoms with E-state index in [-0.39, 0.29) is 5.54 Å². The highest BCUT2D eigenvalue weighted by Crippen LogP contribution is 2.46. The van der Waals surface area contributed by atoms with Crippen LogP contribution in [0.2, 0.25) is 0 Å². The van der Waals surface area contributed by atoms with E-state index < -0.39 is 5.60 Å². The molecule has 78 valence electrons. The highest BCUT2D eigenvalue weighted by Gasteiger charge is 2.53. The molecule has 1 aliphatic carbocycles. The molecule has 1 fully saturated rings. The summed E-state index contributed by atoms with van der Waals surface area (Å²) in [5.41, 5.74) is -0.683. The molecule has 0 aromatic rings. The highest BCUT2D eigenvalue weighted by molar-refractivity contribution is 5.09. The van der Waals surface area contributed by atoms with Gasteiger partial charge in [0.25, 0.3) is 0 Å². The monoisotopic (exact) mass is 185 g/mol. The zero-order chi connectivity index (χ0) is 10.3. The van der Waals surface area contributed by atoms with Crippen molar-refractivity contribution in [3.05, 3.63) is 0 Å². The molecule has 0 bridgehead atoms. The van der Waals surface area contributed by atoms with Crippen molar-refractivity contribution in [2.24, 2.45) is 11.8 Å². The average Bonchev–Trinajstić information content (AvgIpc) is 2.25. The Morgan fingerprint density at radius 3 is 2.23 bits per heavy atom. The zero-order valence-electron chi connectivity index (χ0n) is 9.52. The van der Waals surface area contributed by atoms with Gasteiger partial charge in [-0.2, -0.15) is 0 Å². The molecule has 2 nitrogen and oxygen atoms in total. The molecular formula is C11H23NO. The lowest BCUT2D eigenvalue weighted by molar-refractivity contribution is -0.0228. The minimum atomic E-state index is -0.559. The van der Waals surface area contributed by atoms with Gasteiger partial charge >= 0.3 is 0 Å². The van der Waals surface area contributed by atoms with E-state index in [0.717, 1.165) is 12.8 Å². The molecule has 0 amide bonds. The van der Waals surface area contributed by atoms with E-state index >= 15 is 0 Å². The van der Waals surface area contributed by atoms with E-state index in [0.29, 0.717) is 11.8 Å². The third-order valence-electron chi connectivity index (χ3n) is 4.13. The maximum atomic E-state index is 10.3. The Balaban J connectivity index is 2.93. The number of nitrogens with one attached hydrogen (secondary N) is 1. The van der Waals surface area contributed by atoms with Gasteiger partial charge in [0.1, 0.15) is 0 Å². The predicted molar refractivity (Wildman–Crippen MR) is 55.7 cm³/mol. The van der Waals surface area contributed by atoms with Crippen molar-refractivity contribution in [1.82, 2.24) is 5.32 Å². The normalized spacial score (nSPS) is 45.9. The van der Waals surface area contributed by atoms with Crippen molar-refractivity contribution < 1.29 is 5.11 Å². The van der Waals surface area contributed by atoms with Gasteiger partial charge in [0, 0.05) is 5.54 Å². The Hall–Kier alpha value is -0.0800. The van der Waals surface area contributed by atoms with E-state index in [2.05, 4.69) is 26.1 Å². The van der Waals surface area contributed by atoms with E-state index in [9.17, 15) is 5.11 Å². The molecule has 0 heterocycles. The minimum Gasteiger partial charge on any atom is -0.388 e. The second kappa shape index (κ2) is 3.25. The maximum absolute atomic E-state index is 10.3. The van der Waals surface area contributed by atoms with Crippen LogP contribution in [-0.2, 0) is 0 Å². The summed E-state index contributed by atoms with van der Waals surface area (Å²) in [4.78, 5) is 0. The number of aliphatic hydroxyl groups is 1. The van der Waals surface area contributed by atoms with Gasteiger partial charge in [0.2, 0.25) is 0 Å². The van der Waals surface area contributed by atoms with Gasteiger partial charge in [0.15, 0.2) is 0 Å². The molecule has 0 aliphatic heterocycles. The van der Waals surface area contributed by atoms with Crippen LogP contribution in [0.1, 0.15) is 40.5 Å². The van der Waals surface area contributed by atoms with Crippen LogP contribution in [0.3, 0.4) is 0 Å². The van der Waals surface area contributed by atoms with Gasteiger partial charge in [-0.3, -0.25) is 0 Å². The molecule has 2 heteroatoms. The molecule has 1 saturated carbocycles. The summed E-state index contributed by atoms with van der Waals surface area (Å²) >= 11 is 0. The van der Waals surface area contributed by atoms with Gasteiger partial charge in [0.05, 0.1) is 5.60 Å². The lowest BCUT2D eigenvalue weighted by Crippen LogP contribution is -2.59. The molecule has 0 radical (unpaired) electrons. The van der Waals surface area contributed by atoms with Crippen LogP contribution >= 0.6 is 0 Å². The Labute approximate surface area is 81.7 Å². The molecule has 0 saturated heterocycles. The molecule has 1 aliphatic rings. The van der Waals surface area contributed by atoms with Crippen molar-refractivity contribution in [2.45, 2.75) is 51.7 Å². The highest BCUT2D eigenvalue weighted by atomic mass is 16.3. The Kier molecular flexibility index (Phi) is 2.75. The van der Waals surface area contributed by atoms with E-state index in [1.165, 1.54) is 0 Å². The van der Waals surface area contributed by atoms with Gasteiger partial charge in [-0.15, -0.1) is 0 Å². The molecule has 13 heavy (non-hydrogen) atoms. The summed E-state index contributed by atoms with van der Waals surface area (Å²) in [6, 6.07) is 0. The number of hydrogen-bond donors (Lipinski definition) is 2. The smallest absolute Gasteiger partial charge is 0.0800 e. The molecular weight excluding hydrogens is 162 g/mol. The minimum absolute atomic E-state index is 0.124. The fraction of sp³-hybridized carbons (Fsp3) is 1.00. The average molecular weight is 185 g/mol. The zero-order valence-corrected chi connectivity index (χ0v) is 9.52. The molecule has 0 aromatic carbocycles. The maximum Gasteiger partial charge on any atom is 0.0800 e. The summed E-state index contributed by atoms with van der Waals surface area (Å²) in [5, 5.41) is 13.6. The van der Waals surface area contributed by atoms with Crippen molar-refractivity contribution >= 4 is 0 Å². The molecule has 0 spiro atoms. The molecule has 1 rings (SSSR count). The number of likely N-dealkylation sites (N-methyl/N-ethyl adjacent to an activating group) is 1. The van der Waals surface area contributed by atoms with E-state index in [4.69, 9.17) is 0 Å². The summed E-state index contributed by atoms with van der Waals surface area (Å²) in [6.07, 6.45) is 2.04. The molecule has 2 N–H and O–H groups in total. The largest absolute Gasteiger partial charge is 0.388 e. The summed E-state index contributed by atoms with van der Waals surface area (Å²) < 4.78 is 0. The first kappa shape index (κ1) is 11.0. The third kappa shape index (κ3) is 1.50. The van der Waals surface area contributed by atoms with Crippen molar-refractivity contribution in [2.75, 3.05) is 7.05 Å². The summed E-state index contributed by atoms with van der Waals surface area (Å²) in [7, 11) is 1.95. The number of hydrogen-bond acceptors (Lipinski definition) is 2. The second-order valence-corrected chi connectivity index (χ2v) is 5.12. The van der Waals surface area contributed by atoms with Crippen LogP contribution in [0.15, 0.2) is 0 Å². The van der Waals surface area contributed by atoms with Gasteiger partial charge in [-0.25, -0.2) is 0 Å². The second-order valence-electron chi connectivity index (χ2n) is 5.12. The Morgan fingerprint density at radius 1 is 1.38 bits per heavy atom. The van der Waals surface area contributed by atoms with Gasteiger partial charge in [-0.05, 0) is 45.6 Å². The Morgan fingerprint density at radius 2 is 1.92 bits per heavy atom. The first-order valence-corrected chi connectivity index (χ1v) is 5.26. The molecule has 0 unspecified atom stereocenters. The number of rotatable bonds is 2. The van der Waals surface area contributed by atoms with Crippen LogP contribution < -0.4 is 5.32 Å². The van der Waals surface area contributed by atoms with Crippen molar-refractivity contribution in [1.29, 1.82) is 0 Å². The molecule has 3 atom stereocenters. The predicted octanol–water partition coefficient (Wildman–Crippen LogP) is 1.78. The first-order chi connectivity index (χ1) is 5.85. The third-order valence-corrected chi connectivity index (χ3v) is 4.13. The van der Waals surface area contributed by atoms with Crippen LogP contribution in [0.25, 0.3) is 0 Å². The summed E-state index contributed by atoms with van der Waals surface area (Å²) in [6.45, 7) is 8.57. The van der Waals surface area contributed by atoms with E-state index in [1.54, 1.807) is 0 Å². The van der Waals surface area contributed by atoms with Crippen LogP contribution in [0.4, 0.5) is 0 Å². The lowest BCUT2D eigenvalue weighted by Gasteiger charge is -2.42. The van der Waals surface area contributed by atoms with Crippen molar-refractivity contribution in [3.63, 3.8) is 0 Å².